The van der Waals surface area contributed by atoms with Crippen molar-refractivity contribution < 1.29 is 9.13 Å². The summed E-state index contributed by atoms with van der Waals surface area (Å²) in [5, 5.41) is 9.66. The summed E-state index contributed by atoms with van der Waals surface area (Å²) in [5.41, 5.74) is 3.15. The lowest BCUT2D eigenvalue weighted by molar-refractivity contribution is 0.211. The monoisotopic (exact) mass is 358 g/mol. The van der Waals surface area contributed by atoms with Gasteiger partial charge in [0.2, 0.25) is 0 Å². The highest BCUT2D eigenvalue weighted by Gasteiger charge is 2.24. The minimum atomic E-state index is -0.324. The van der Waals surface area contributed by atoms with E-state index in [0.717, 1.165) is 42.7 Å². The zero-order chi connectivity index (χ0) is 18.1. The number of benzene rings is 1. The molecule has 4 rings (SSSR count). The number of nitrogens with zero attached hydrogens (tertiary/aromatic N) is 2. The molecule has 7 heteroatoms. The fourth-order valence-electron chi connectivity index (χ4n) is 3.72. The van der Waals surface area contributed by atoms with E-state index in [4.69, 9.17) is 4.74 Å². The highest BCUT2D eigenvalue weighted by Crippen LogP contribution is 2.33. The third-order valence-electron chi connectivity index (χ3n) is 5.27. The van der Waals surface area contributed by atoms with Gasteiger partial charge in [0.1, 0.15) is 0 Å². The van der Waals surface area contributed by atoms with E-state index < -0.39 is 0 Å². The second kappa shape index (κ2) is 7.07. The van der Waals surface area contributed by atoms with Crippen LogP contribution in [0, 0.1) is 18.7 Å². The van der Waals surface area contributed by atoms with Crippen LogP contribution in [0.4, 0.5) is 10.1 Å². The molecule has 1 aromatic heterocycles. The standard InChI is InChI=1S/C19H23FN4O2/c1-12-17(8-22-23-19(12)25)24-9-14-5-16(20)18(6-15(14)10-24)26-11-13-3-2-4-21-7-13/h5-6,8,13,21H,2-4,7,9-11H2,1H3,(H,23,25). The topological polar surface area (TPSA) is 70.2 Å². The molecule has 26 heavy (non-hydrogen) atoms. The summed E-state index contributed by atoms with van der Waals surface area (Å²) < 4.78 is 20.2. The number of H-pyrrole nitrogens is 1. The first kappa shape index (κ1) is 17.0. The zero-order valence-corrected chi connectivity index (χ0v) is 14.8. The number of piperidine rings is 1. The number of fused-ring (bicyclic) bond motifs is 1. The second-order valence-electron chi connectivity index (χ2n) is 7.14. The summed E-state index contributed by atoms with van der Waals surface area (Å²) in [6.45, 7) is 5.45. The van der Waals surface area contributed by atoms with Crippen LogP contribution in [0.15, 0.2) is 23.1 Å². The maximum absolute atomic E-state index is 14.4. The molecule has 1 atom stereocenters. The molecule has 0 saturated carbocycles. The van der Waals surface area contributed by atoms with Crippen LogP contribution in [0.3, 0.4) is 0 Å². The molecule has 0 bridgehead atoms. The molecule has 0 radical (unpaired) electrons. The molecule has 138 valence electrons. The van der Waals surface area contributed by atoms with E-state index in [1.165, 1.54) is 0 Å². The Morgan fingerprint density at radius 3 is 2.92 bits per heavy atom. The van der Waals surface area contributed by atoms with Crippen molar-refractivity contribution in [3.8, 4) is 5.75 Å². The van der Waals surface area contributed by atoms with E-state index in [-0.39, 0.29) is 11.4 Å². The molecular formula is C19H23FN4O2. The van der Waals surface area contributed by atoms with Crippen LogP contribution >= 0.6 is 0 Å². The van der Waals surface area contributed by atoms with Crippen molar-refractivity contribution in [1.29, 1.82) is 0 Å². The van der Waals surface area contributed by atoms with Gasteiger partial charge in [-0.3, -0.25) is 4.79 Å². The Bertz CT molecular complexity index is 861. The molecule has 1 aromatic carbocycles. The van der Waals surface area contributed by atoms with Crippen LogP contribution in [-0.4, -0.2) is 29.9 Å². The van der Waals surface area contributed by atoms with Crippen LogP contribution in [0.5, 0.6) is 5.75 Å². The van der Waals surface area contributed by atoms with E-state index in [0.29, 0.717) is 36.9 Å². The number of hydrogen-bond acceptors (Lipinski definition) is 5. The summed E-state index contributed by atoms with van der Waals surface area (Å²) in [6.07, 6.45) is 3.90. The average molecular weight is 358 g/mol. The molecule has 2 aromatic rings. The normalized spacial score (nSPS) is 19.5. The molecule has 1 fully saturated rings. The van der Waals surface area contributed by atoms with Crippen molar-refractivity contribution in [1.82, 2.24) is 15.5 Å². The third kappa shape index (κ3) is 3.31. The minimum absolute atomic E-state index is 0.199. The van der Waals surface area contributed by atoms with Crippen LogP contribution < -0.4 is 20.5 Å². The number of anilines is 1. The predicted molar refractivity (Wildman–Crippen MR) is 97.0 cm³/mol. The Hall–Kier alpha value is -2.41. The summed E-state index contributed by atoms with van der Waals surface area (Å²) in [4.78, 5) is 13.8. The summed E-state index contributed by atoms with van der Waals surface area (Å²) in [7, 11) is 0. The summed E-state index contributed by atoms with van der Waals surface area (Å²) in [6, 6.07) is 3.36. The minimum Gasteiger partial charge on any atom is -0.490 e. The maximum atomic E-state index is 14.4. The Balaban J connectivity index is 1.50. The quantitative estimate of drug-likeness (QED) is 0.876. The number of halogens is 1. The van der Waals surface area contributed by atoms with Crippen LogP contribution in [0.25, 0.3) is 0 Å². The van der Waals surface area contributed by atoms with Crippen molar-refractivity contribution in [3.63, 3.8) is 0 Å². The third-order valence-corrected chi connectivity index (χ3v) is 5.27. The van der Waals surface area contributed by atoms with Crippen LogP contribution in [0.2, 0.25) is 0 Å². The zero-order valence-electron chi connectivity index (χ0n) is 14.8. The van der Waals surface area contributed by atoms with Gasteiger partial charge in [-0.25, -0.2) is 9.49 Å². The molecule has 2 N–H and O–H groups in total. The van der Waals surface area contributed by atoms with Gasteiger partial charge in [0.15, 0.2) is 11.6 Å². The molecule has 2 aliphatic rings. The highest BCUT2D eigenvalue weighted by atomic mass is 19.1. The lowest BCUT2D eigenvalue weighted by Crippen LogP contribution is -2.33. The molecule has 1 unspecified atom stereocenters. The smallest absolute Gasteiger partial charge is 0.269 e. The van der Waals surface area contributed by atoms with Gasteiger partial charge in [-0.2, -0.15) is 5.10 Å². The number of hydrogen-bond donors (Lipinski definition) is 2. The largest absolute Gasteiger partial charge is 0.490 e. The number of ether oxygens (including phenoxy) is 1. The van der Waals surface area contributed by atoms with E-state index in [9.17, 15) is 9.18 Å². The van der Waals surface area contributed by atoms with Crippen LogP contribution in [-0.2, 0) is 13.1 Å². The molecule has 0 aliphatic carbocycles. The Labute approximate surface area is 151 Å². The van der Waals surface area contributed by atoms with Crippen molar-refractivity contribution in [3.05, 3.63) is 51.2 Å². The summed E-state index contributed by atoms with van der Waals surface area (Å²) >= 11 is 0. The van der Waals surface area contributed by atoms with Crippen LogP contribution in [0.1, 0.15) is 29.5 Å². The van der Waals surface area contributed by atoms with Crippen molar-refractivity contribution >= 4 is 5.69 Å². The first-order valence-corrected chi connectivity index (χ1v) is 9.06. The first-order chi connectivity index (χ1) is 12.6. The Kier molecular flexibility index (Phi) is 4.63. The fourth-order valence-corrected chi connectivity index (χ4v) is 3.72. The van der Waals surface area contributed by atoms with Gasteiger partial charge in [-0.15, -0.1) is 0 Å². The lowest BCUT2D eigenvalue weighted by Gasteiger charge is -2.23. The van der Waals surface area contributed by atoms with Crippen molar-refractivity contribution in [2.45, 2.75) is 32.9 Å². The molecule has 1 saturated heterocycles. The van der Waals surface area contributed by atoms with E-state index in [2.05, 4.69) is 15.5 Å². The molecule has 0 amide bonds. The van der Waals surface area contributed by atoms with Gasteiger partial charge in [-0.05, 0) is 49.6 Å². The lowest BCUT2D eigenvalue weighted by atomic mass is 10.0. The van der Waals surface area contributed by atoms with E-state index in [1.807, 2.05) is 4.90 Å². The number of aromatic amines is 1. The van der Waals surface area contributed by atoms with Gasteiger partial charge in [0, 0.05) is 31.1 Å². The van der Waals surface area contributed by atoms with Crippen molar-refractivity contribution in [2.75, 3.05) is 24.6 Å². The maximum Gasteiger partial charge on any atom is 0.269 e. The van der Waals surface area contributed by atoms with Gasteiger partial charge in [0.25, 0.3) is 5.56 Å². The van der Waals surface area contributed by atoms with Gasteiger partial charge < -0.3 is 15.0 Å². The van der Waals surface area contributed by atoms with Gasteiger partial charge >= 0.3 is 0 Å². The number of nitrogens with one attached hydrogen (secondary N) is 2. The molecule has 0 spiro atoms. The second-order valence-corrected chi connectivity index (χ2v) is 7.14. The number of aromatic nitrogens is 2. The van der Waals surface area contributed by atoms with Crippen molar-refractivity contribution in [2.24, 2.45) is 5.92 Å². The Morgan fingerprint density at radius 1 is 1.35 bits per heavy atom. The first-order valence-electron chi connectivity index (χ1n) is 9.06. The van der Waals surface area contributed by atoms with Gasteiger partial charge in [-0.1, -0.05) is 0 Å². The molecular weight excluding hydrogens is 335 g/mol. The Morgan fingerprint density at radius 2 is 2.15 bits per heavy atom. The molecule has 6 nitrogen and oxygen atoms in total. The van der Waals surface area contributed by atoms with E-state index in [1.54, 1.807) is 25.3 Å². The summed E-state index contributed by atoms with van der Waals surface area (Å²) in [5.74, 6) is 0.421. The number of rotatable bonds is 4. The molecule has 3 heterocycles. The predicted octanol–water partition coefficient (Wildman–Crippen LogP) is 2.12. The van der Waals surface area contributed by atoms with E-state index >= 15 is 0 Å². The fraction of sp³-hybridized carbons (Fsp3) is 0.474. The highest BCUT2D eigenvalue weighted by molar-refractivity contribution is 5.55. The van der Waals surface area contributed by atoms with Gasteiger partial charge in [0.05, 0.1) is 18.5 Å². The average Bonchev–Trinajstić information content (AvgIpc) is 3.05. The SMILES string of the molecule is Cc1c(N2Cc3cc(F)c(OCC4CCCNC4)cc3C2)cn[nH]c1=O. The molecule has 2 aliphatic heterocycles.